The average Bonchev–Trinajstić information content (AvgIpc) is 3.18. The molecule has 7 nitrogen and oxygen atoms in total. The van der Waals surface area contributed by atoms with Gasteiger partial charge in [0.15, 0.2) is 5.65 Å². The normalized spacial score (nSPS) is 10.9. The number of rotatable bonds is 8. The van der Waals surface area contributed by atoms with Crippen LogP contribution in [-0.4, -0.2) is 38.7 Å². The van der Waals surface area contributed by atoms with Gasteiger partial charge in [-0.15, -0.1) is 0 Å². The summed E-state index contributed by atoms with van der Waals surface area (Å²) in [5, 5.41) is 11.3. The number of hydrogen-bond acceptors (Lipinski definition) is 5. The van der Waals surface area contributed by atoms with E-state index in [1.807, 2.05) is 18.2 Å². The first-order chi connectivity index (χ1) is 15.1. The fraction of sp³-hybridized carbons (Fsp3) is 0.182. The zero-order valence-electron chi connectivity index (χ0n) is 16.6. The molecule has 2 aromatic heterocycles. The lowest BCUT2D eigenvalue weighted by Crippen LogP contribution is -2.27. The molecule has 2 heterocycles. The molecule has 4 rings (SSSR count). The Morgan fingerprint density at radius 2 is 1.94 bits per heavy atom. The molecular weight excluding hydrogens is 419 g/mol. The van der Waals surface area contributed by atoms with Gasteiger partial charge in [-0.1, -0.05) is 41.9 Å². The number of amides is 1. The molecule has 0 spiro atoms. The van der Waals surface area contributed by atoms with Crippen LogP contribution in [0.3, 0.4) is 0 Å². The number of nitrogens with one attached hydrogen (secondary N) is 2. The van der Waals surface area contributed by atoms with Crippen LogP contribution >= 0.6 is 11.6 Å². The van der Waals surface area contributed by atoms with Crippen LogP contribution in [-0.2, 0) is 13.0 Å². The Kier molecular flexibility index (Phi) is 6.37. The van der Waals surface area contributed by atoms with Crippen LogP contribution in [0.15, 0.2) is 61.1 Å². The number of fused-ring (bicyclic) bond motifs is 1. The molecular formula is C22H20ClFN6O. The van der Waals surface area contributed by atoms with Gasteiger partial charge in [0.05, 0.1) is 28.7 Å². The van der Waals surface area contributed by atoms with Crippen molar-refractivity contribution in [1.29, 1.82) is 0 Å². The van der Waals surface area contributed by atoms with Crippen molar-refractivity contribution in [1.82, 2.24) is 25.1 Å². The van der Waals surface area contributed by atoms with Crippen LogP contribution in [0.5, 0.6) is 0 Å². The van der Waals surface area contributed by atoms with Gasteiger partial charge in [0, 0.05) is 13.1 Å². The molecule has 0 bridgehead atoms. The summed E-state index contributed by atoms with van der Waals surface area (Å²) in [6.07, 6.45) is 4.07. The molecule has 1 amide bonds. The number of carbonyl (C=O) groups is 1. The number of benzene rings is 2. The molecule has 0 radical (unpaired) electrons. The molecule has 0 unspecified atom stereocenters. The molecule has 0 aliphatic heterocycles. The van der Waals surface area contributed by atoms with Crippen LogP contribution in [0.25, 0.3) is 11.0 Å². The Hall–Kier alpha value is -3.52. The van der Waals surface area contributed by atoms with E-state index >= 15 is 0 Å². The number of anilines is 1. The first kappa shape index (κ1) is 20.7. The van der Waals surface area contributed by atoms with Gasteiger partial charge >= 0.3 is 0 Å². The lowest BCUT2D eigenvalue weighted by molar-refractivity contribution is 0.0952. The van der Waals surface area contributed by atoms with Gasteiger partial charge in [0.1, 0.15) is 18.0 Å². The average molecular weight is 439 g/mol. The Morgan fingerprint density at radius 3 is 2.74 bits per heavy atom. The van der Waals surface area contributed by atoms with E-state index in [-0.39, 0.29) is 16.5 Å². The van der Waals surface area contributed by atoms with Gasteiger partial charge in [-0.2, -0.15) is 5.10 Å². The molecule has 0 fully saturated rings. The van der Waals surface area contributed by atoms with Gasteiger partial charge < -0.3 is 10.6 Å². The monoisotopic (exact) mass is 438 g/mol. The molecule has 158 valence electrons. The van der Waals surface area contributed by atoms with E-state index in [2.05, 4.69) is 37.8 Å². The first-order valence-electron chi connectivity index (χ1n) is 9.79. The number of carbonyl (C=O) groups excluding carboxylic acids is 1. The largest absolute Gasteiger partial charge is 0.369 e. The van der Waals surface area contributed by atoms with Crippen molar-refractivity contribution in [3.63, 3.8) is 0 Å². The summed E-state index contributed by atoms with van der Waals surface area (Å²) >= 11 is 5.94. The second kappa shape index (κ2) is 9.53. The van der Waals surface area contributed by atoms with Crippen molar-refractivity contribution < 1.29 is 9.18 Å². The van der Waals surface area contributed by atoms with Gasteiger partial charge in [0.2, 0.25) is 0 Å². The highest BCUT2D eigenvalue weighted by Gasteiger charge is 2.12. The van der Waals surface area contributed by atoms with E-state index in [1.54, 1.807) is 10.9 Å². The van der Waals surface area contributed by atoms with Crippen molar-refractivity contribution in [3.8, 4) is 0 Å². The standard InChI is InChI=1S/C22H20ClFN6O/c23-19-12-16(24)6-7-17(19)22(31)26-10-11-30-21-18(13-29-30)20(27-14-28-21)25-9-8-15-4-2-1-3-5-15/h1-7,12-14H,8-11H2,(H,26,31)(H,25,27,28). The van der Waals surface area contributed by atoms with Gasteiger partial charge in [0.25, 0.3) is 5.91 Å². The van der Waals surface area contributed by atoms with Crippen LogP contribution < -0.4 is 10.6 Å². The van der Waals surface area contributed by atoms with E-state index in [0.29, 0.717) is 24.6 Å². The predicted molar refractivity (Wildman–Crippen MR) is 118 cm³/mol. The lowest BCUT2D eigenvalue weighted by atomic mass is 10.1. The van der Waals surface area contributed by atoms with Gasteiger partial charge in [-0.05, 0) is 30.2 Å². The second-order valence-electron chi connectivity index (χ2n) is 6.87. The number of hydrogen-bond donors (Lipinski definition) is 2. The molecule has 0 saturated carbocycles. The molecule has 4 aromatic rings. The van der Waals surface area contributed by atoms with E-state index < -0.39 is 5.82 Å². The second-order valence-corrected chi connectivity index (χ2v) is 7.28. The quantitative estimate of drug-likeness (QED) is 0.438. The van der Waals surface area contributed by atoms with Gasteiger partial charge in [-0.25, -0.2) is 19.0 Å². The van der Waals surface area contributed by atoms with E-state index in [4.69, 9.17) is 11.6 Å². The maximum absolute atomic E-state index is 13.1. The van der Waals surface area contributed by atoms with E-state index in [9.17, 15) is 9.18 Å². The summed E-state index contributed by atoms with van der Waals surface area (Å²) in [4.78, 5) is 20.9. The third-order valence-corrected chi connectivity index (χ3v) is 5.08. The number of halogens is 2. The summed E-state index contributed by atoms with van der Waals surface area (Å²) in [6, 6.07) is 13.9. The summed E-state index contributed by atoms with van der Waals surface area (Å²) in [7, 11) is 0. The van der Waals surface area contributed by atoms with Gasteiger partial charge in [-0.3, -0.25) is 4.79 Å². The summed E-state index contributed by atoms with van der Waals surface area (Å²) in [5.41, 5.74) is 2.14. The van der Waals surface area contributed by atoms with Crippen molar-refractivity contribution in [2.75, 3.05) is 18.4 Å². The minimum Gasteiger partial charge on any atom is -0.369 e. The Morgan fingerprint density at radius 1 is 1.10 bits per heavy atom. The van der Waals surface area contributed by atoms with Crippen molar-refractivity contribution in [3.05, 3.63) is 83.0 Å². The highest BCUT2D eigenvalue weighted by Crippen LogP contribution is 2.19. The molecule has 2 N–H and O–H groups in total. The molecule has 9 heteroatoms. The zero-order valence-corrected chi connectivity index (χ0v) is 17.3. The fourth-order valence-electron chi connectivity index (χ4n) is 3.21. The topological polar surface area (TPSA) is 84.7 Å². The SMILES string of the molecule is O=C(NCCn1ncc2c(NCCc3ccccc3)ncnc21)c1ccc(F)cc1Cl. The smallest absolute Gasteiger partial charge is 0.252 e. The van der Waals surface area contributed by atoms with E-state index in [1.165, 1.54) is 24.0 Å². The molecule has 31 heavy (non-hydrogen) atoms. The first-order valence-corrected chi connectivity index (χ1v) is 10.2. The maximum atomic E-state index is 13.1. The highest BCUT2D eigenvalue weighted by atomic mass is 35.5. The van der Waals surface area contributed by atoms with Crippen LogP contribution in [0, 0.1) is 5.82 Å². The highest BCUT2D eigenvalue weighted by molar-refractivity contribution is 6.33. The summed E-state index contributed by atoms with van der Waals surface area (Å²) < 4.78 is 14.8. The van der Waals surface area contributed by atoms with Crippen molar-refractivity contribution >= 4 is 34.4 Å². The number of aromatic nitrogens is 4. The lowest BCUT2D eigenvalue weighted by Gasteiger charge is -2.08. The number of nitrogens with zero attached hydrogens (tertiary/aromatic N) is 4. The summed E-state index contributed by atoms with van der Waals surface area (Å²) in [6.45, 7) is 1.45. The van der Waals surface area contributed by atoms with Crippen LogP contribution in [0.4, 0.5) is 10.2 Å². The van der Waals surface area contributed by atoms with Crippen LogP contribution in [0.1, 0.15) is 15.9 Å². The maximum Gasteiger partial charge on any atom is 0.252 e. The fourth-order valence-corrected chi connectivity index (χ4v) is 3.46. The predicted octanol–water partition coefficient (Wildman–Crippen LogP) is 3.70. The third kappa shape index (κ3) is 4.97. The third-order valence-electron chi connectivity index (χ3n) is 4.77. The zero-order chi connectivity index (χ0) is 21.6. The van der Waals surface area contributed by atoms with Crippen molar-refractivity contribution in [2.24, 2.45) is 0 Å². The van der Waals surface area contributed by atoms with Crippen molar-refractivity contribution in [2.45, 2.75) is 13.0 Å². The molecule has 2 aromatic carbocycles. The molecule has 0 aliphatic carbocycles. The summed E-state index contributed by atoms with van der Waals surface area (Å²) in [5.74, 6) is -0.147. The molecule has 0 atom stereocenters. The Labute approximate surface area is 183 Å². The Bertz CT molecular complexity index is 1200. The van der Waals surface area contributed by atoms with Crippen LogP contribution in [0.2, 0.25) is 5.02 Å². The minimum absolute atomic E-state index is 0.0704. The Balaban J connectivity index is 1.36. The minimum atomic E-state index is -0.488. The molecule has 0 aliphatic rings. The van der Waals surface area contributed by atoms with E-state index in [0.717, 1.165) is 24.4 Å². The molecule has 0 saturated heterocycles.